The van der Waals surface area contributed by atoms with E-state index >= 15 is 0 Å². The van der Waals surface area contributed by atoms with Gasteiger partial charge in [-0.05, 0) is 42.8 Å². The van der Waals surface area contributed by atoms with Crippen molar-refractivity contribution in [2.75, 3.05) is 45.3 Å². The maximum atomic E-state index is 12.4. The van der Waals surface area contributed by atoms with Crippen LogP contribution in [0.3, 0.4) is 0 Å². The van der Waals surface area contributed by atoms with Gasteiger partial charge in [0.2, 0.25) is 0 Å². The van der Waals surface area contributed by atoms with Crippen molar-refractivity contribution >= 4 is 52.7 Å². The summed E-state index contributed by atoms with van der Waals surface area (Å²) >= 11 is 8.76. The number of aromatic nitrogens is 1. The van der Waals surface area contributed by atoms with Gasteiger partial charge in [0, 0.05) is 29.1 Å². The molecule has 0 spiro atoms. The Morgan fingerprint density at radius 1 is 1.18 bits per heavy atom. The molecular formula is C26H27ClN4O5S2. The summed E-state index contributed by atoms with van der Waals surface area (Å²) in [5.74, 6) is 0.793. The van der Waals surface area contributed by atoms with Crippen LogP contribution in [0.1, 0.15) is 12.5 Å². The summed E-state index contributed by atoms with van der Waals surface area (Å²) in [5.41, 5.74) is 5.05. The Morgan fingerprint density at radius 2 is 1.97 bits per heavy atom. The third-order valence-corrected chi connectivity index (χ3v) is 7.61. The summed E-state index contributed by atoms with van der Waals surface area (Å²) in [6.45, 7) is 4.41. The normalized spacial score (nSPS) is 13.5. The summed E-state index contributed by atoms with van der Waals surface area (Å²) in [6.07, 6.45) is 1.52. The van der Waals surface area contributed by atoms with Crippen molar-refractivity contribution in [2.45, 2.75) is 11.3 Å². The van der Waals surface area contributed by atoms with Crippen LogP contribution in [0.2, 0.25) is 5.02 Å². The van der Waals surface area contributed by atoms with Crippen molar-refractivity contribution in [1.82, 2.24) is 15.3 Å². The second-order valence-corrected chi connectivity index (χ2v) is 10.5. The number of rotatable bonds is 11. The molecule has 0 saturated carbocycles. The number of carbonyl (C=O) groups excluding carboxylic acids is 2. The second kappa shape index (κ2) is 14.1. The van der Waals surface area contributed by atoms with Crippen LogP contribution >= 0.6 is 34.7 Å². The third-order valence-electron chi connectivity index (χ3n) is 5.34. The van der Waals surface area contributed by atoms with Gasteiger partial charge in [-0.25, -0.2) is 10.4 Å². The molecule has 9 nitrogen and oxygen atoms in total. The summed E-state index contributed by atoms with van der Waals surface area (Å²) < 4.78 is 17.5. The van der Waals surface area contributed by atoms with Crippen LogP contribution in [0.5, 0.6) is 11.5 Å². The number of benzene rings is 2. The van der Waals surface area contributed by atoms with Gasteiger partial charge in [0.05, 0.1) is 37.5 Å². The molecule has 2 amide bonds. The molecule has 4 rings (SSSR count). The van der Waals surface area contributed by atoms with E-state index in [1.165, 1.54) is 29.3 Å². The number of halogens is 1. The van der Waals surface area contributed by atoms with Gasteiger partial charge in [0.15, 0.2) is 22.4 Å². The Labute approximate surface area is 234 Å². The highest BCUT2D eigenvalue weighted by molar-refractivity contribution is 8.01. The van der Waals surface area contributed by atoms with Gasteiger partial charge in [-0.1, -0.05) is 35.5 Å². The highest BCUT2D eigenvalue weighted by atomic mass is 35.5. The van der Waals surface area contributed by atoms with E-state index in [-0.39, 0.29) is 24.2 Å². The fourth-order valence-electron chi connectivity index (χ4n) is 3.45. The first-order chi connectivity index (χ1) is 18.5. The van der Waals surface area contributed by atoms with Crippen LogP contribution < -0.4 is 14.9 Å². The van der Waals surface area contributed by atoms with Crippen molar-refractivity contribution in [2.24, 2.45) is 5.10 Å². The highest BCUT2D eigenvalue weighted by Crippen LogP contribution is 2.29. The molecule has 0 unspecified atom stereocenters. The average Bonchev–Trinajstić information content (AvgIpc) is 3.41. The van der Waals surface area contributed by atoms with Gasteiger partial charge in [-0.3, -0.25) is 9.59 Å². The number of ether oxygens (including phenoxy) is 3. The Morgan fingerprint density at radius 3 is 2.74 bits per heavy atom. The molecule has 12 heteroatoms. The molecule has 1 N–H and O–H groups in total. The molecule has 1 fully saturated rings. The maximum absolute atomic E-state index is 12.4. The van der Waals surface area contributed by atoms with Crippen LogP contribution in [0.25, 0.3) is 11.3 Å². The number of hydrogen-bond donors (Lipinski definition) is 1. The number of nitrogens with one attached hydrogen (secondary N) is 1. The van der Waals surface area contributed by atoms with Crippen LogP contribution in [-0.2, 0) is 14.3 Å². The van der Waals surface area contributed by atoms with E-state index in [1.54, 1.807) is 23.1 Å². The van der Waals surface area contributed by atoms with E-state index in [0.29, 0.717) is 55.0 Å². The largest absolute Gasteiger partial charge is 0.490 e. The van der Waals surface area contributed by atoms with Crippen molar-refractivity contribution in [1.29, 1.82) is 0 Å². The predicted octanol–water partition coefficient (Wildman–Crippen LogP) is 4.34. The minimum absolute atomic E-state index is 0.0818. The van der Waals surface area contributed by atoms with E-state index in [2.05, 4.69) is 15.5 Å². The number of morpholine rings is 1. The van der Waals surface area contributed by atoms with Crippen LogP contribution in [-0.4, -0.2) is 73.2 Å². The Bertz CT molecular complexity index is 1260. The van der Waals surface area contributed by atoms with Crippen molar-refractivity contribution in [3.63, 3.8) is 0 Å². The van der Waals surface area contributed by atoms with Gasteiger partial charge in [0.25, 0.3) is 11.8 Å². The van der Waals surface area contributed by atoms with Gasteiger partial charge in [-0.15, -0.1) is 11.3 Å². The molecule has 1 aromatic heterocycles. The van der Waals surface area contributed by atoms with Crippen molar-refractivity contribution < 1.29 is 23.8 Å². The minimum atomic E-state index is -0.249. The molecule has 2 heterocycles. The standard InChI is InChI=1S/C26H27ClN4O5S2/c1-2-35-23-13-18(3-8-22(23)36-15-25(33)31-9-11-34-12-10-31)14-28-30-24(32)17-38-26-29-21(16-37-26)19-4-6-20(27)7-5-19/h3-8,13-14,16H,2,9-12,15,17H2,1H3,(H,30,32)/b28-14+. The number of amides is 2. The summed E-state index contributed by atoms with van der Waals surface area (Å²) in [4.78, 5) is 30.9. The summed E-state index contributed by atoms with van der Waals surface area (Å²) in [6, 6.07) is 12.7. The molecule has 1 saturated heterocycles. The lowest BCUT2D eigenvalue weighted by molar-refractivity contribution is -0.137. The second-order valence-electron chi connectivity index (χ2n) is 8.01. The van der Waals surface area contributed by atoms with Crippen molar-refractivity contribution in [3.05, 3.63) is 58.4 Å². The SMILES string of the molecule is CCOc1cc(/C=N/NC(=O)CSc2nc(-c3ccc(Cl)cc3)cs2)ccc1OCC(=O)N1CCOCC1. The summed E-state index contributed by atoms with van der Waals surface area (Å²) in [7, 11) is 0. The minimum Gasteiger partial charge on any atom is -0.490 e. The zero-order valence-corrected chi connectivity index (χ0v) is 23.1. The van der Waals surface area contributed by atoms with Gasteiger partial charge in [-0.2, -0.15) is 5.10 Å². The van der Waals surface area contributed by atoms with E-state index in [1.807, 2.05) is 36.6 Å². The zero-order valence-electron chi connectivity index (χ0n) is 20.7. The molecule has 38 heavy (non-hydrogen) atoms. The number of hydrogen-bond acceptors (Lipinski definition) is 9. The molecule has 0 atom stereocenters. The molecule has 1 aliphatic rings. The molecule has 200 valence electrons. The molecular weight excluding hydrogens is 548 g/mol. The lowest BCUT2D eigenvalue weighted by Gasteiger charge is -2.26. The molecule has 0 aliphatic carbocycles. The van der Waals surface area contributed by atoms with Crippen molar-refractivity contribution in [3.8, 4) is 22.8 Å². The lowest BCUT2D eigenvalue weighted by Crippen LogP contribution is -2.43. The van der Waals surface area contributed by atoms with Gasteiger partial charge >= 0.3 is 0 Å². The predicted molar refractivity (Wildman–Crippen MR) is 150 cm³/mol. The summed E-state index contributed by atoms with van der Waals surface area (Å²) in [5, 5.41) is 6.66. The Hall–Kier alpha value is -3.12. The first kappa shape index (κ1) is 27.9. The molecule has 1 aliphatic heterocycles. The number of carbonyl (C=O) groups is 2. The molecule has 0 bridgehead atoms. The van der Waals surface area contributed by atoms with E-state index in [0.717, 1.165) is 15.6 Å². The number of hydrazone groups is 1. The van der Waals surface area contributed by atoms with Gasteiger partial charge < -0.3 is 19.1 Å². The van der Waals surface area contributed by atoms with Gasteiger partial charge in [0.1, 0.15) is 0 Å². The average molecular weight is 575 g/mol. The van der Waals surface area contributed by atoms with Crippen LogP contribution in [0, 0.1) is 0 Å². The smallest absolute Gasteiger partial charge is 0.260 e. The van der Waals surface area contributed by atoms with Crippen LogP contribution in [0.4, 0.5) is 0 Å². The first-order valence-electron chi connectivity index (χ1n) is 11.9. The molecule has 0 radical (unpaired) electrons. The Kier molecular flexibility index (Phi) is 10.4. The monoisotopic (exact) mass is 574 g/mol. The Balaban J connectivity index is 1.26. The molecule has 2 aromatic carbocycles. The fourth-order valence-corrected chi connectivity index (χ4v) is 5.20. The van der Waals surface area contributed by atoms with E-state index in [4.69, 9.17) is 25.8 Å². The zero-order chi connectivity index (χ0) is 26.7. The van der Waals surface area contributed by atoms with E-state index in [9.17, 15) is 9.59 Å². The topological polar surface area (TPSA) is 102 Å². The maximum Gasteiger partial charge on any atom is 0.260 e. The first-order valence-corrected chi connectivity index (χ1v) is 14.2. The number of nitrogens with zero attached hydrogens (tertiary/aromatic N) is 3. The van der Waals surface area contributed by atoms with Crippen LogP contribution in [0.15, 0.2) is 57.3 Å². The number of thiazole rings is 1. The molecule has 3 aromatic rings. The third kappa shape index (κ3) is 8.19. The fraction of sp³-hybridized carbons (Fsp3) is 0.308. The number of thioether (sulfide) groups is 1. The highest BCUT2D eigenvalue weighted by Gasteiger charge is 2.18. The lowest BCUT2D eigenvalue weighted by atomic mass is 10.2. The quantitative estimate of drug-likeness (QED) is 0.206. The van der Waals surface area contributed by atoms with E-state index < -0.39 is 0 Å².